The summed E-state index contributed by atoms with van der Waals surface area (Å²) in [5, 5.41) is 0. The van der Waals surface area contributed by atoms with E-state index < -0.39 is 12.6 Å². The Balaban J connectivity index is 1.42. The van der Waals surface area contributed by atoms with Crippen LogP contribution in [0.3, 0.4) is 0 Å². The predicted molar refractivity (Wildman–Crippen MR) is 114 cm³/mol. The van der Waals surface area contributed by atoms with Gasteiger partial charge >= 0.3 is 6.18 Å². The summed E-state index contributed by atoms with van der Waals surface area (Å²) in [6.07, 6.45) is -4.15. The van der Waals surface area contributed by atoms with Gasteiger partial charge in [-0.2, -0.15) is 13.2 Å². The number of fused-ring (bicyclic) bond motifs is 1. The molecule has 4 rings (SSSR count). The van der Waals surface area contributed by atoms with Gasteiger partial charge in [-0.25, -0.2) is 0 Å². The van der Waals surface area contributed by atoms with Crippen LogP contribution in [0.15, 0.2) is 59.0 Å². The minimum Gasteiger partial charge on any atom is -0.497 e. The van der Waals surface area contributed by atoms with Gasteiger partial charge in [0, 0.05) is 18.7 Å². The van der Waals surface area contributed by atoms with Crippen LogP contribution in [0.4, 0.5) is 13.2 Å². The number of nitrogens with zero attached hydrogens (tertiary/aromatic N) is 1. The van der Waals surface area contributed by atoms with Gasteiger partial charge in [0.15, 0.2) is 0 Å². The molecule has 6 heteroatoms. The molecule has 1 aromatic heterocycles. The molecule has 0 aliphatic carbocycles. The fourth-order valence-electron chi connectivity index (χ4n) is 4.24. The molecule has 0 N–H and O–H groups in total. The van der Waals surface area contributed by atoms with Crippen molar-refractivity contribution in [2.75, 3.05) is 20.2 Å². The zero-order valence-electron chi connectivity index (χ0n) is 17.7. The second kappa shape index (κ2) is 8.79. The molecule has 2 heterocycles. The number of benzene rings is 2. The zero-order chi connectivity index (χ0) is 22.0. The van der Waals surface area contributed by atoms with Crippen LogP contribution in [0.25, 0.3) is 11.3 Å². The first kappa shape index (κ1) is 21.5. The summed E-state index contributed by atoms with van der Waals surface area (Å²) in [5.41, 5.74) is 3.72. The first-order chi connectivity index (χ1) is 14.8. The molecule has 0 saturated heterocycles. The predicted octanol–water partition coefficient (Wildman–Crippen LogP) is 6.22. The molecule has 0 spiro atoms. The monoisotopic (exact) mass is 429 g/mol. The lowest BCUT2D eigenvalue weighted by molar-refractivity contribution is -0.127. The highest BCUT2D eigenvalue weighted by Crippen LogP contribution is 2.30. The van der Waals surface area contributed by atoms with Crippen LogP contribution in [-0.4, -0.2) is 31.3 Å². The van der Waals surface area contributed by atoms with Gasteiger partial charge in [-0.3, -0.25) is 4.90 Å². The van der Waals surface area contributed by atoms with E-state index >= 15 is 0 Å². The van der Waals surface area contributed by atoms with Gasteiger partial charge in [0.1, 0.15) is 17.3 Å². The van der Waals surface area contributed by atoms with Gasteiger partial charge in [0.2, 0.25) is 0 Å². The van der Waals surface area contributed by atoms with E-state index in [-0.39, 0.29) is 5.56 Å². The molecule has 1 aliphatic heterocycles. The Morgan fingerprint density at radius 1 is 1.06 bits per heavy atom. The Morgan fingerprint density at radius 2 is 1.84 bits per heavy atom. The molecular formula is C25H26F3NO2. The number of furan rings is 1. The minimum absolute atomic E-state index is 0.248. The maximum atomic E-state index is 12.5. The van der Waals surface area contributed by atoms with Crippen LogP contribution in [0.5, 0.6) is 5.75 Å². The highest BCUT2D eigenvalue weighted by atomic mass is 19.4. The third kappa shape index (κ3) is 5.31. The number of alkyl halides is 3. The Morgan fingerprint density at radius 3 is 2.55 bits per heavy atom. The largest absolute Gasteiger partial charge is 0.497 e. The summed E-state index contributed by atoms with van der Waals surface area (Å²) in [5.74, 6) is 2.79. The molecule has 0 amide bonds. The van der Waals surface area contributed by atoms with E-state index in [9.17, 15) is 13.2 Å². The average molecular weight is 429 g/mol. The summed E-state index contributed by atoms with van der Waals surface area (Å²) in [7, 11) is 1.69. The number of halogens is 3. The summed E-state index contributed by atoms with van der Waals surface area (Å²) >= 11 is 0. The van der Waals surface area contributed by atoms with Crippen molar-refractivity contribution in [1.82, 2.24) is 4.90 Å². The molecule has 2 aromatic carbocycles. The topological polar surface area (TPSA) is 25.6 Å². The Hall–Kier alpha value is -2.73. The summed E-state index contributed by atoms with van der Waals surface area (Å²) in [6.45, 7) is 4.78. The fourth-order valence-corrected chi connectivity index (χ4v) is 4.24. The highest BCUT2D eigenvalue weighted by Gasteiger charge is 2.27. The summed E-state index contributed by atoms with van der Waals surface area (Å²) < 4.78 is 49.0. The van der Waals surface area contributed by atoms with E-state index in [4.69, 9.17) is 9.15 Å². The van der Waals surface area contributed by atoms with Crippen LogP contribution < -0.4 is 4.74 Å². The van der Waals surface area contributed by atoms with Crippen molar-refractivity contribution < 1.29 is 22.3 Å². The van der Waals surface area contributed by atoms with E-state index in [1.54, 1.807) is 19.2 Å². The van der Waals surface area contributed by atoms with E-state index in [1.807, 2.05) is 18.2 Å². The van der Waals surface area contributed by atoms with Crippen LogP contribution >= 0.6 is 0 Å². The van der Waals surface area contributed by atoms with Gasteiger partial charge < -0.3 is 9.15 Å². The Labute approximate surface area is 180 Å². The summed E-state index contributed by atoms with van der Waals surface area (Å²) in [6, 6.07) is 16.5. The van der Waals surface area contributed by atoms with Crippen molar-refractivity contribution in [3.63, 3.8) is 0 Å². The molecule has 3 nitrogen and oxygen atoms in total. The van der Waals surface area contributed by atoms with E-state index in [0.717, 1.165) is 36.6 Å². The lowest BCUT2D eigenvalue weighted by Gasteiger charge is -2.21. The second-order valence-electron chi connectivity index (χ2n) is 8.21. The van der Waals surface area contributed by atoms with Gasteiger partial charge in [0.05, 0.1) is 20.1 Å². The van der Waals surface area contributed by atoms with Crippen LogP contribution in [0.1, 0.15) is 35.3 Å². The molecule has 3 aromatic rings. The Kier molecular flexibility index (Phi) is 6.10. The van der Waals surface area contributed by atoms with Crippen molar-refractivity contribution >= 4 is 0 Å². The smallest absolute Gasteiger partial charge is 0.393 e. The minimum atomic E-state index is -4.20. The molecule has 1 aliphatic rings. The van der Waals surface area contributed by atoms with E-state index in [2.05, 4.69) is 24.0 Å². The number of hydrogen-bond acceptors (Lipinski definition) is 3. The van der Waals surface area contributed by atoms with Crippen LogP contribution in [-0.2, 0) is 19.4 Å². The number of ether oxygens (including phenoxy) is 1. The zero-order valence-corrected chi connectivity index (χ0v) is 17.7. The van der Waals surface area contributed by atoms with E-state index in [0.29, 0.717) is 18.2 Å². The first-order valence-electron chi connectivity index (χ1n) is 10.4. The second-order valence-corrected chi connectivity index (χ2v) is 8.21. The fraction of sp³-hybridized carbons (Fsp3) is 0.360. The molecule has 1 atom stereocenters. The molecule has 0 bridgehead atoms. The third-order valence-corrected chi connectivity index (χ3v) is 5.80. The number of rotatable bonds is 5. The van der Waals surface area contributed by atoms with E-state index in [1.165, 1.54) is 23.3 Å². The van der Waals surface area contributed by atoms with Crippen LogP contribution in [0, 0.1) is 0 Å². The Bertz CT molecular complexity index is 1020. The average Bonchev–Trinajstić information content (AvgIpc) is 3.13. The lowest BCUT2D eigenvalue weighted by atomic mass is 9.95. The maximum Gasteiger partial charge on any atom is 0.393 e. The molecule has 164 valence electrons. The molecule has 31 heavy (non-hydrogen) atoms. The molecule has 1 unspecified atom stereocenters. The van der Waals surface area contributed by atoms with Crippen molar-refractivity contribution in [2.45, 2.75) is 38.4 Å². The van der Waals surface area contributed by atoms with Crippen molar-refractivity contribution in [1.29, 1.82) is 0 Å². The van der Waals surface area contributed by atoms with Gasteiger partial charge in [-0.15, -0.1) is 0 Å². The van der Waals surface area contributed by atoms with Gasteiger partial charge in [-0.1, -0.05) is 37.3 Å². The van der Waals surface area contributed by atoms with Gasteiger partial charge in [-0.05, 0) is 53.3 Å². The SMILES string of the molecule is COc1ccc2c(c1)C(C)CN(Cc1ccc(-c3ccc(CC(F)(F)F)cc3)o1)CC2. The highest BCUT2D eigenvalue weighted by molar-refractivity contribution is 5.58. The molecule has 0 radical (unpaired) electrons. The molecule has 0 saturated carbocycles. The van der Waals surface area contributed by atoms with Crippen molar-refractivity contribution in [3.8, 4) is 17.1 Å². The molecule has 0 fully saturated rings. The third-order valence-electron chi connectivity index (χ3n) is 5.80. The van der Waals surface area contributed by atoms with Crippen molar-refractivity contribution in [2.24, 2.45) is 0 Å². The number of hydrogen-bond donors (Lipinski definition) is 0. The standard InChI is InChI=1S/C25H26F3NO2/c1-17-15-29(12-11-19-7-8-21(30-2)13-23(17)19)16-22-9-10-24(31-22)20-5-3-18(4-6-20)14-25(26,27)28/h3-10,13,17H,11-12,14-16H2,1-2H3. The van der Waals surface area contributed by atoms with Crippen LogP contribution in [0.2, 0.25) is 0 Å². The molecular weight excluding hydrogens is 403 g/mol. The lowest BCUT2D eigenvalue weighted by Crippen LogP contribution is -2.27. The van der Waals surface area contributed by atoms with Gasteiger partial charge in [0.25, 0.3) is 0 Å². The normalized spacial score (nSPS) is 17.3. The quantitative estimate of drug-likeness (QED) is 0.481. The van der Waals surface area contributed by atoms with Crippen molar-refractivity contribution in [3.05, 3.63) is 77.0 Å². The maximum absolute atomic E-state index is 12.5. The number of methoxy groups -OCH3 is 1. The summed E-state index contributed by atoms with van der Waals surface area (Å²) in [4.78, 5) is 2.38. The first-order valence-corrected chi connectivity index (χ1v) is 10.4.